The molecule has 0 saturated carbocycles. The molecule has 0 spiro atoms. The highest BCUT2D eigenvalue weighted by molar-refractivity contribution is 5.38. The van der Waals surface area contributed by atoms with Crippen LogP contribution in [-0.4, -0.2) is 16.2 Å². The second-order valence-corrected chi connectivity index (χ2v) is 4.48. The third-order valence-electron chi connectivity index (χ3n) is 2.82. The summed E-state index contributed by atoms with van der Waals surface area (Å²) in [6.07, 6.45) is 5.47. The molecule has 0 saturated heterocycles. The third-order valence-corrected chi connectivity index (χ3v) is 2.82. The zero-order chi connectivity index (χ0) is 13.0. The summed E-state index contributed by atoms with van der Waals surface area (Å²) in [5, 5.41) is 0. The third kappa shape index (κ3) is 3.11. The van der Waals surface area contributed by atoms with Crippen molar-refractivity contribution < 1.29 is 4.74 Å². The highest BCUT2D eigenvalue weighted by atomic mass is 16.5. The minimum Gasteiger partial charge on any atom is -0.491 e. The number of nitrogens with two attached hydrogens (primary N) is 1. The topological polar surface area (TPSA) is 53.1 Å². The van der Waals surface area contributed by atoms with E-state index in [1.807, 2.05) is 29.8 Å². The minimum absolute atomic E-state index is 0.0202. The molecule has 0 amide bonds. The van der Waals surface area contributed by atoms with Gasteiger partial charge in [-0.3, -0.25) is 0 Å². The number of aryl methyl sites for hydroxylation is 1. The van der Waals surface area contributed by atoms with Crippen LogP contribution in [0.3, 0.4) is 0 Å². The van der Waals surface area contributed by atoms with Crippen molar-refractivity contribution in [3.8, 4) is 5.75 Å². The molecule has 4 heteroatoms. The molecule has 0 radical (unpaired) electrons. The largest absolute Gasteiger partial charge is 0.491 e. The normalized spacial score (nSPS) is 12.4. The average molecular weight is 245 g/mol. The van der Waals surface area contributed by atoms with Gasteiger partial charge in [0.2, 0.25) is 0 Å². The Balaban J connectivity index is 2.00. The van der Waals surface area contributed by atoms with Crippen molar-refractivity contribution in [3.05, 3.63) is 48.0 Å². The van der Waals surface area contributed by atoms with Crippen LogP contribution in [0.15, 0.2) is 36.9 Å². The number of hydrogen-bond donors (Lipinski definition) is 1. The van der Waals surface area contributed by atoms with Crippen molar-refractivity contribution in [2.75, 3.05) is 6.61 Å². The van der Waals surface area contributed by atoms with Crippen LogP contribution >= 0.6 is 0 Å². The van der Waals surface area contributed by atoms with E-state index in [1.54, 1.807) is 12.5 Å². The lowest BCUT2D eigenvalue weighted by Gasteiger charge is -2.15. The summed E-state index contributed by atoms with van der Waals surface area (Å²) in [4.78, 5) is 3.99. The summed E-state index contributed by atoms with van der Waals surface area (Å²) >= 11 is 0. The van der Waals surface area contributed by atoms with Crippen LogP contribution in [0, 0.1) is 6.92 Å². The zero-order valence-electron chi connectivity index (χ0n) is 10.8. The van der Waals surface area contributed by atoms with Gasteiger partial charge < -0.3 is 15.0 Å². The van der Waals surface area contributed by atoms with Crippen LogP contribution in [0.1, 0.15) is 24.1 Å². The van der Waals surface area contributed by atoms with E-state index in [2.05, 4.69) is 18.0 Å². The number of rotatable bonds is 5. The SMILES string of the molecule is Cc1ccc(OCCn2ccnc2)c([C@H](C)N)c1. The Morgan fingerprint density at radius 1 is 1.44 bits per heavy atom. The van der Waals surface area contributed by atoms with Crippen LogP contribution in [0.4, 0.5) is 0 Å². The van der Waals surface area contributed by atoms with Gasteiger partial charge in [0.15, 0.2) is 0 Å². The van der Waals surface area contributed by atoms with Gasteiger partial charge in [0, 0.05) is 24.0 Å². The molecule has 1 aromatic heterocycles. The number of ether oxygens (including phenoxy) is 1. The van der Waals surface area contributed by atoms with Crippen molar-refractivity contribution in [2.45, 2.75) is 26.4 Å². The first-order chi connectivity index (χ1) is 8.66. The van der Waals surface area contributed by atoms with Crippen molar-refractivity contribution in [2.24, 2.45) is 5.73 Å². The minimum atomic E-state index is -0.0202. The van der Waals surface area contributed by atoms with Crippen LogP contribution in [0.2, 0.25) is 0 Å². The van der Waals surface area contributed by atoms with E-state index in [-0.39, 0.29) is 6.04 Å². The number of hydrogen-bond acceptors (Lipinski definition) is 3. The van der Waals surface area contributed by atoms with Gasteiger partial charge in [0.25, 0.3) is 0 Å². The van der Waals surface area contributed by atoms with E-state index < -0.39 is 0 Å². The van der Waals surface area contributed by atoms with E-state index >= 15 is 0 Å². The van der Waals surface area contributed by atoms with Crippen molar-refractivity contribution in [3.63, 3.8) is 0 Å². The van der Waals surface area contributed by atoms with Gasteiger partial charge in [-0.25, -0.2) is 4.98 Å². The Bertz CT molecular complexity index is 492. The summed E-state index contributed by atoms with van der Waals surface area (Å²) < 4.78 is 7.78. The molecule has 1 heterocycles. The van der Waals surface area contributed by atoms with E-state index in [4.69, 9.17) is 10.5 Å². The second kappa shape index (κ2) is 5.69. The number of aromatic nitrogens is 2. The van der Waals surface area contributed by atoms with E-state index in [1.165, 1.54) is 5.56 Å². The molecule has 18 heavy (non-hydrogen) atoms. The summed E-state index contributed by atoms with van der Waals surface area (Å²) in [5.74, 6) is 0.871. The Morgan fingerprint density at radius 2 is 2.28 bits per heavy atom. The van der Waals surface area contributed by atoms with Gasteiger partial charge in [-0.15, -0.1) is 0 Å². The number of benzene rings is 1. The first-order valence-electron chi connectivity index (χ1n) is 6.11. The quantitative estimate of drug-likeness (QED) is 0.879. The smallest absolute Gasteiger partial charge is 0.124 e. The Hall–Kier alpha value is -1.81. The fraction of sp³-hybridized carbons (Fsp3) is 0.357. The molecule has 2 N–H and O–H groups in total. The predicted octanol–water partition coefficient (Wildman–Crippen LogP) is 2.29. The molecule has 0 unspecified atom stereocenters. The van der Waals surface area contributed by atoms with Gasteiger partial charge in [0.1, 0.15) is 12.4 Å². The van der Waals surface area contributed by atoms with E-state index in [9.17, 15) is 0 Å². The molecule has 2 aromatic rings. The maximum absolute atomic E-state index is 5.95. The first kappa shape index (κ1) is 12.6. The van der Waals surface area contributed by atoms with Gasteiger partial charge >= 0.3 is 0 Å². The van der Waals surface area contributed by atoms with Crippen LogP contribution < -0.4 is 10.5 Å². The highest BCUT2D eigenvalue weighted by Crippen LogP contribution is 2.24. The molecule has 1 aromatic carbocycles. The van der Waals surface area contributed by atoms with Crippen molar-refractivity contribution in [1.29, 1.82) is 0 Å². The average Bonchev–Trinajstić information content (AvgIpc) is 2.84. The van der Waals surface area contributed by atoms with Gasteiger partial charge in [-0.1, -0.05) is 17.7 Å². The molecule has 4 nitrogen and oxygen atoms in total. The van der Waals surface area contributed by atoms with Crippen LogP contribution in [0.25, 0.3) is 0 Å². The van der Waals surface area contributed by atoms with Crippen LogP contribution in [-0.2, 0) is 6.54 Å². The standard InChI is InChI=1S/C14H19N3O/c1-11-3-4-14(13(9-11)12(2)15)18-8-7-17-6-5-16-10-17/h3-6,9-10,12H,7-8,15H2,1-2H3/t12-/m0/s1. The maximum Gasteiger partial charge on any atom is 0.124 e. The number of nitrogens with zero attached hydrogens (tertiary/aromatic N) is 2. The number of imidazole rings is 1. The lowest BCUT2D eigenvalue weighted by molar-refractivity contribution is 0.294. The Kier molecular flexibility index (Phi) is 3.99. The summed E-state index contributed by atoms with van der Waals surface area (Å²) in [6, 6.07) is 6.09. The molecule has 0 fully saturated rings. The fourth-order valence-corrected chi connectivity index (χ4v) is 1.84. The molecule has 0 aliphatic carbocycles. The molecule has 1 atom stereocenters. The second-order valence-electron chi connectivity index (χ2n) is 4.48. The molecular weight excluding hydrogens is 226 g/mol. The summed E-state index contributed by atoms with van der Waals surface area (Å²) in [5.41, 5.74) is 8.21. The summed E-state index contributed by atoms with van der Waals surface area (Å²) in [6.45, 7) is 5.42. The fourth-order valence-electron chi connectivity index (χ4n) is 1.84. The van der Waals surface area contributed by atoms with Crippen LogP contribution in [0.5, 0.6) is 5.75 Å². The molecule has 96 valence electrons. The van der Waals surface area contributed by atoms with Crippen molar-refractivity contribution in [1.82, 2.24) is 9.55 Å². The van der Waals surface area contributed by atoms with E-state index in [0.717, 1.165) is 17.9 Å². The summed E-state index contributed by atoms with van der Waals surface area (Å²) in [7, 11) is 0. The zero-order valence-corrected chi connectivity index (χ0v) is 10.8. The molecule has 0 aliphatic rings. The molecular formula is C14H19N3O. The van der Waals surface area contributed by atoms with Crippen molar-refractivity contribution >= 4 is 0 Å². The predicted molar refractivity (Wildman–Crippen MR) is 71.5 cm³/mol. The maximum atomic E-state index is 5.95. The highest BCUT2D eigenvalue weighted by Gasteiger charge is 2.08. The lowest BCUT2D eigenvalue weighted by Crippen LogP contribution is -2.11. The molecule has 0 bridgehead atoms. The van der Waals surface area contributed by atoms with E-state index in [0.29, 0.717) is 6.61 Å². The molecule has 2 rings (SSSR count). The first-order valence-corrected chi connectivity index (χ1v) is 6.11. The molecule has 0 aliphatic heterocycles. The lowest BCUT2D eigenvalue weighted by atomic mass is 10.1. The van der Waals surface area contributed by atoms with Gasteiger partial charge in [0.05, 0.1) is 12.9 Å². The monoisotopic (exact) mass is 245 g/mol. The van der Waals surface area contributed by atoms with Gasteiger partial charge in [-0.05, 0) is 19.9 Å². The Labute approximate surface area is 107 Å². The van der Waals surface area contributed by atoms with Gasteiger partial charge in [-0.2, -0.15) is 0 Å². The Morgan fingerprint density at radius 3 is 2.94 bits per heavy atom.